The van der Waals surface area contributed by atoms with E-state index >= 15 is 0 Å². The van der Waals surface area contributed by atoms with Crippen LogP contribution in [0.4, 0.5) is 22.0 Å². The maximum absolute atomic E-state index is 12.8. The molecule has 2 aromatic carbocycles. The van der Waals surface area contributed by atoms with E-state index in [4.69, 9.17) is 19.4 Å². The minimum Gasteiger partial charge on any atom is -0.381 e. The number of benzene rings is 2. The molecule has 1 aromatic heterocycles. The number of morpholine rings is 1. The number of urea groups is 1. The van der Waals surface area contributed by atoms with Gasteiger partial charge in [-0.15, -0.1) is 0 Å². The third-order valence-corrected chi connectivity index (χ3v) is 8.62. The first-order valence-electron chi connectivity index (χ1n) is 15.5. The van der Waals surface area contributed by atoms with Crippen molar-refractivity contribution in [3.63, 3.8) is 0 Å². The molecule has 3 amide bonds. The van der Waals surface area contributed by atoms with Gasteiger partial charge in [0.1, 0.15) is 5.82 Å². The van der Waals surface area contributed by atoms with Crippen molar-refractivity contribution in [1.29, 1.82) is 0 Å². The molecule has 3 aliphatic rings. The molecule has 0 aliphatic carbocycles. The van der Waals surface area contributed by atoms with Crippen molar-refractivity contribution in [2.45, 2.75) is 31.7 Å². The maximum Gasteiger partial charge on any atom is 0.323 e. The molecule has 0 bridgehead atoms. The number of hydrogen-bond acceptors (Lipinski definition) is 8. The third-order valence-electron chi connectivity index (χ3n) is 8.62. The summed E-state index contributed by atoms with van der Waals surface area (Å²) < 4.78 is 11.3. The first kappa shape index (κ1) is 30.0. The van der Waals surface area contributed by atoms with Crippen LogP contribution in [0.5, 0.6) is 0 Å². The Balaban J connectivity index is 1.11. The number of rotatable bonds is 6. The van der Waals surface area contributed by atoms with Crippen LogP contribution in [0, 0.1) is 0 Å². The second kappa shape index (κ2) is 13.7. The highest BCUT2D eigenvalue weighted by atomic mass is 16.5. The summed E-state index contributed by atoms with van der Waals surface area (Å²) in [6.45, 7) is 8.97. The maximum atomic E-state index is 12.8. The summed E-state index contributed by atoms with van der Waals surface area (Å²) in [6.07, 6.45) is 1.89. The number of amides is 3. The van der Waals surface area contributed by atoms with Gasteiger partial charge in [-0.3, -0.25) is 4.79 Å². The van der Waals surface area contributed by atoms with Crippen molar-refractivity contribution in [2.75, 3.05) is 81.7 Å². The summed E-state index contributed by atoms with van der Waals surface area (Å²) in [5.74, 6) is 1.95. The van der Waals surface area contributed by atoms with Gasteiger partial charge < -0.3 is 34.8 Å². The average molecular weight is 600 g/mol. The van der Waals surface area contributed by atoms with E-state index in [1.165, 1.54) is 0 Å². The molecule has 3 aromatic rings. The van der Waals surface area contributed by atoms with Gasteiger partial charge in [0.15, 0.2) is 5.82 Å². The number of likely N-dealkylation sites (N-methyl/N-ethyl adjacent to an activating group) is 1. The molecule has 6 rings (SSSR count). The van der Waals surface area contributed by atoms with Crippen molar-refractivity contribution in [1.82, 2.24) is 19.8 Å². The summed E-state index contributed by atoms with van der Waals surface area (Å²) >= 11 is 0. The number of nitrogens with zero attached hydrogens (tertiary/aromatic N) is 5. The van der Waals surface area contributed by atoms with Gasteiger partial charge >= 0.3 is 6.03 Å². The Morgan fingerprint density at radius 1 is 0.818 bits per heavy atom. The van der Waals surface area contributed by atoms with E-state index in [0.717, 1.165) is 75.9 Å². The van der Waals surface area contributed by atoms with Gasteiger partial charge in [0, 0.05) is 86.1 Å². The van der Waals surface area contributed by atoms with Crippen LogP contribution in [0.3, 0.4) is 0 Å². The lowest BCUT2D eigenvalue weighted by Crippen LogP contribution is -2.47. The first-order valence-corrected chi connectivity index (χ1v) is 15.5. The van der Waals surface area contributed by atoms with E-state index in [-0.39, 0.29) is 18.0 Å². The Morgan fingerprint density at radius 3 is 2.14 bits per heavy atom. The van der Waals surface area contributed by atoms with E-state index in [9.17, 15) is 9.59 Å². The first-order chi connectivity index (χ1) is 21.4. The van der Waals surface area contributed by atoms with Crippen LogP contribution in [0.15, 0.2) is 54.6 Å². The molecular weight excluding hydrogens is 558 g/mol. The molecule has 2 N–H and O–H groups in total. The fourth-order valence-electron chi connectivity index (χ4n) is 5.88. The topological polar surface area (TPSA) is 112 Å². The molecule has 0 unspecified atom stereocenters. The van der Waals surface area contributed by atoms with Crippen LogP contribution in [-0.4, -0.2) is 104 Å². The molecule has 3 saturated heterocycles. The normalized spacial score (nSPS) is 19.9. The molecule has 1 atom stereocenters. The van der Waals surface area contributed by atoms with Gasteiger partial charge in [0.05, 0.1) is 19.3 Å². The SMILES string of the molecule is C[C@@H]1COCCN1c1cc(C2CCOCC2)nc(-c2ccc(NC(=O)Nc3ccc(C(=O)N4CCN(C)CC4)cc3)cc2)n1. The van der Waals surface area contributed by atoms with Crippen LogP contribution >= 0.6 is 0 Å². The van der Waals surface area contributed by atoms with Crippen molar-refractivity contribution < 1.29 is 19.1 Å². The Morgan fingerprint density at radius 2 is 1.48 bits per heavy atom. The minimum absolute atomic E-state index is 0.0167. The predicted octanol–water partition coefficient (Wildman–Crippen LogP) is 4.29. The molecule has 0 spiro atoms. The fraction of sp³-hybridized carbons (Fsp3) is 0.455. The van der Waals surface area contributed by atoms with E-state index in [1.807, 2.05) is 29.2 Å². The molecule has 0 radical (unpaired) electrons. The zero-order valence-corrected chi connectivity index (χ0v) is 25.5. The third kappa shape index (κ3) is 7.18. The molecule has 3 fully saturated rings. The minimum atomic E-state index is -0.364. The van der Waals surface area contributed by atoms with Crippen molar-refractivity contribution in [3.8, 4) is 11.4 Å². The highest BCUT2D eigenvalue weighted by Crippen LogP contribution is 2.31. The summed E-state index contributed by atoms with van der Waals surface area (Å²) in [4.78, 5) is 41.9. The van der Waals surface area contributed by atoms with Gasteiger partial charge in [-0.25, -0.2) is 14.8 Å². The van der Waals surface area contributed by atoms with Crippen LogP contribution < -0.4 is 15.5 Å². The van der Waals surface area contributed by atoms with Crippen LogP contribution in [0.2, 0.25) is 0 Å². The second-order valence-electron chi connectivity index (χ2n) is 11.8. The van der Waals surface area contributed by atoms with Gasteiger partial charge in [-0.05, 0) is 75.3 Å². The lowest BCUT2D eigenvalue weighted by atomic mass is 9.96. The number of anilines is 3. The summed E-state index contributed by atoms with van der Waals surface area (Å²) in [7, 11) is 2.06. The number of nitrogens with one attached hydrogen (secondary N) is 2. The van der Waals surface area contributed by atoms with Crippen LogP contribution in [0.1, 0.15) is 41.7 Å². The Kier molecular flexibility index (Phi) is 9.34. The van der Waals surface area contributed by atoms with Crippen molar-refractivity contribution in [3.05, 3.63) is 65.9 Å². The molecule has 44 heavy (non-hydrogen) atoms. The lowest BCUT2D eigenvalue weighted by molar-refractivity contribution is 0.0664. The second-order valence-corrected chi connectivity index (χ2v) is 11.8. The summed E-state index contributed by atoms with van der Waals surface area (Å²) in [5.41, 5.74) is 3.80. The largest absolute Gasteiger partial charge is 0.381 e. The van der Waals surface area contributed by atoms with Gasteiger partial charge in [-0.2, -0.15) is 0 Å². The number of carbonyl (C=O) groups is 2. The lowest BCUT2D eigenvalue weighted by Gasteiger charge is -2.35. The zero-order chi connectivity index (χ0) is 30.5. The van der Waals surface area contributed by atoms with Crippen molar-refractivity contribution >= 4 is 29.1 Å². The molecule has 11 nitrogen and oxygen atoms in total. The van der Waals surface area contributed by atoms with E-state index in [2.05, 4.69) is 40.5 Å². The standard InChI is InChI=1S/C33H41N7O4/c1-23-22-44-20-17-40(23)30-21-29(24-11-18-43-19-12-24)36-31(37-30)25-3-7-27(8-4-25)34-33(42)35-28-9-5-26(6-10-28)32(41)39-15-13-38(2)14-16-39/h3-10,21,23-24H,11-20,22H2,1-2H3,(H2,34,35,42)/t23-/m1/s1. The Hall–Kier alpha value is -4.06. The zero-order valence-electron chi connectivity index (χ0n) is 25.5. The highest BCUT2D eigenvalue weighted by Gasteiger charge is 2.25. The van der Waals surface area contributed by atoms with E-state index in [0.29, 0.717) is 41.9 Å². The van der Waals surface area contributed by atoms with Gasteiger partial charge in [0.2, 0.25) is 0 Å². The van der Waals surface area contributed by atoms with Crippen molar-refractivity contribution in [2.24, 2.45) is 0 Å². The number of hydrogen-bond donors (Lipinski definition) is 2. The summed E-state index contributed by atoms with van der Waals surface area (Å²) in [5, 5.41) is 5.74. The highest BCUT2D eigenvalue weighted by molar-refractivity contribution is 6.00. The Bertz CT molecular complexity index is 1440. The fourth-order valence-corrected chi connectivity index (χ4v) is 5.88. The quantitative estimate of drug-likeness (QED) is 0.432. The number of piperazine rings is 1. The monoisotopic (exact) mass is 599 g/mol. The van der Waals surface area contributed by atoms with Gasteiger partial charge in [0.25, 0.3) is 5.91 Å². The number of aromatic nitrogens is 2. The van der Waals surface area contributed by atoms with Gasteiger partial charge in [-0.1, -0.05) is 0 Å². The van der Waals surface area contributed by atoms with Crippen LogP contribution in [-0.2, 0) is 9.47 Å². The molecular formula is C33H41N7O4. The molecule has 232 valence electrons. The number of ether oxygens (including phenoxy) is 2. The smallest absolute Gasteiger partial charge is 0.323 e. The predicted molar refractivity (Wildman–Crippen MR) is 170 cm³/mol. The average Bonchev–Trinajstić information content (AvgIpc) is 3.06. The Labute approximate surface area is 258 Å². The number of carbonyl (C=O) groups excluding carboxylic acids is 2. The molecule has 4 heterocycles. The summed E-state index contributed by atoms with van der Waals surface area (Å²) in [6, 6.07) is 16.6. The van der Waals surface area contributed by atoms with E-state index in [1.54, 1.807) is 24.3 Å². The molecule has 11 heteroatoms. The van der Waals surface area contributed by atoms with E-state index < -0.39 is 0 Å². The van der Waals surface area contributed by atoms with Crippen LogP contribution in [0.25, 0.3) is 11.4 Å². The molecule has 0 saturated carbocycles. The molecule has 3 aliphatic heterocycles.